The lowest BCUT2D eigenvalue weighted by Crippen LogP contribution is -2.07. The first-order valence-electron chi connectivity index (χ1n) is 5.55. The van der Waals surface area contributed by atoms with Crippen molar-refractivity contribution >= 4 is 5.69 Å². The third-order valence-electron chi connectivity index (χ3n) is 2.76. The lowest BCUT2D eigenvalue weighted by atomic mass is 10.1. The van der Waals surface area contributed by atoms with Crippen molar-refractivity contribution in [2.24, 2.45) is 0 Å². The Kier molecular flexibility index (Phi) is 2.46. The topological polar surface area (TPSA) is 60.3 Å². The normalized spacial score (nSPS) is 26.5. The van der Waals surface area contributed by atoms with Gasteiger partial charge in [-0.15, -0.1) is 0 Å². The summed E-state index contributed by atoms with van der Waals surface area (Å²) in [4.78, 5) is 0. The predicted molar refractivity (Wildman–Crippen MR) is 59.5 cm³/mol. The summed E-state index contributed by atoms with van der Waals surface area (Å²) in [5, 5.41) is 0. The number of rotatable bonds is 5. The van der Waals surface area contributed by atoms with E-state index in [-0.39, 0.29) is 6.10 Å². The molecule has 2 unspecified atom stereocenters. The van der Waals surface area contributed by atoms with Crippen LogP contribution in [-0.4, -0.2) is 32.0 Å². The van der Waals surface area contributed by atoms with Crippen molar-refractivity contribution in [1.82, 2.24) is 0 Å². The summed E-state index contributed by atoms with van der Waals surface area (Å²) in [6.07, 6.45) is 1.51. The molecule has 0 saturated carbocycles. The molecule has 0 spiro atoms. The van der Waals surface area contributed by atoms with Gasteiger partial charge in [0.15, 0.2) is 0 Å². The van der Waals surface area contributed by atoms with E-state index in [1.807, 2.05) is 18.2 Å². The van der Waals surface area contributed by atoms with Crippen molar-refractivity contribution in [3.05, 3.63) is 23.8 Å². The quantitative estimate of drug-likeness (QED) is 0.595. The van der Waals surface area contributed by atoms with E-state index in [1.54, 1.807) is 0 Å². The molecule has 0 aromatic heterocycles. The Morgan fingerprint density at radius 1 is 1.25 bits per heavy atom. The van der Waals surface area contributed by atoms with Gasteiger partial charge in [0.1, 0.15) is 18.5 Å². The largest absolute Gasteiger partial charge is 0.491 e. The van der Waals surface area contributed by atoms with Gasteiger partial charge in [0.2, 0.25) is 0 Å². The number of nitrogen functional groups attached to an aromatic ring is 1. The molecular weight excluding hydrogens is 206 g/mol. The van der Waals surface area contributed by atoms with E-state index >= 15 is 0 Å². The number of epoxide rings is 2. The van der Waals surface area contributed by atoms with Gasteiger partial charge in [0.05, 0.1) is 19.3 Å². The molecule has 2 atom stereocenters. The molecule has 2 aliphatic heterocycles. The van der Waals surface area contributed by atoms with Gasteiger partial charge in [0.25, 0.3) is 0 Å². The molecule has 2 N–H and O–H groups in total. The second-order valence-corrected chi connectivity index (χ2v) is 4.29. The highest BCUT2D eigenvalue weighted by atomic mass is 16.6. The Hall–Kier alpha value is -1.26. The second-order valence-electron chi connectivity index (χ2n) is 4.29. The van der Waals surface area contributed by atoms with Crippen LogP contribution < -0.4 is 10.5 Å². The van der Waals surface area contributed by atoms with Crippen LogP contribution in [-0.2, 0) is 15.9 Å². The van der Waals surface area contributed by atoms with Crippen LogP contribution in [0.4, 0.5) is 5.69 Å². The van der Waals surface area contributed by atoms with Gasteiger partial charge in [-0.1, -0.05) is 0 Å². The third-order valence-corrected chi connectivity index (χ3v) is 2.76. The Balaban J connectivity index is 1.71. The average molecular weight is 221 g/mol. The number of anilines is 1. The molecule has 2 fully saturated rings. The van der Waals surface area contributed by atoms with Crippen LogP contribution in [0, 0.1) is 0 Å². The molecule has 0 aliphatic carbocycles. The Labute approximate surface area is 94.3 Å². The molecule has 3 rings (SSSR count). The predicted octanol–water partition coefficient (Wildman–Crippen LogP) is 0.988. The first-order chi connectivity index (χ1) is 7.81. The van der Waals surface area contributed by atoms with Crippen molar-refractivity contribution in [2.45, 2.75) is 18.6 Å². The molecule has 16 heavy (non-hydrogen) atoms. The molecule has 86 valence electrons. The summed E-state index contributed by atoms with van der Waals surface area (Å²) < 4.78 is 16.0. The zero-order valence-corrected chi connectivity index (χ0v) is 9.02. The first-order valence-corrected chi connectivity index (χ1v) is 5.55. The van der Waals surface area contributed by atoms with Crippen LogP contribution in [0.25, 0.3) is 0 Å². The zero-order valence-electron chi connectivity index (χ0n) is 9.02. The third kappa shape index (κ3) is 2.46. The minimum absolute atomic E-state index is 0.280. The van der Waals surface area contributed by atoms with Crippen LogP contribution in [0.5, 0.6) is 5.75 Å². The maximum Gasteiger partial charge on any atom is 0.122 e. The highest BCUT2D eigenvalue weighted by Gasteiger charge is 2.26. The summed E-state index contributed by atoms with van der Waals surface area (Å²) in [6, 6.07) is 5.75. The van der Waals surface area contributed by atoms with Crippen molar-refractivity contribution in [3.8, 4) is 5.75 Å². The Bertz CT molecular complexity index is 386. The Morgan fingerprint density at radius 3 is 2.69 bits per heavy atom. The Morgan fingerprint density at radius 2 is 2.00 bits per heavy atom. The van der Waals surface area contributed by atoms with Crippen molar-refractivity contribution in [2.75, 3.05) is 25.6 Å². The SMILES string of the molecule is Nc1ccc(OCC2CO2)c(CC2CO2)c1. The lowest BCUT2D eigenvalue weighted by molar-refractivity contribution is 0.260. The van der Waals surface area contributed by atoms with Gasteiger partial charge in [0, 0.05) is 12.1 Å². The summed E-state index contributed by atoms with van der Waals surface area (Å²) in [7, 11) is 0. The molecule has 1 aromatic rings. The van der Waals surface area contributed by atoms with Crippen LogP contribution in [0.3, 0.4) is 0 Å². The van der Waals surface area contributed by atoms with E-state index in [0.29, 0.717) is 12.7 Å². The van der Waals surface area contributed by atoms with E-state index in [9.17, 15) is 0 Å². The molecule has 4 heteroatoms. The minimum Gasteiger partial charge on any atom is -0.491 e. The second kappa shape index (κ2) is 3.96. The molecule has 4 nitrogen and oxygen atoms in total. The average Bonchev–Trinajstić information content (AvgIpc) is 3.12. The molecule has 0 amide bonds. The number of ether oxygens (including phenoxy) is 3. The highest BCUT2D eigenvalue weighted by Crippen LogP contribution is 2.27. The van der Waals surface area contributed by atoms with Crippen molar-refractivity contribution < 1.29 is 14.2 Å². The van der Waals surface area contributed by atoms with Crippen molar-refractivity contribution in [3.63, 3.8) is 0 Å². The van der Waals surface area contributed by atoms with Gasteiger partial charge >= 0.3 is 0 Å². The molecule has 2 heterocycles. The smallest absolute Gasteiger partial charge is 0.122 e. The summed E-state index contributed by atoms with van der Waals surface area (Å²) in [5.74, 6) is 0.903. The number of hydrogen-bond acceptors (Lipinski definition) is 4. The highest BCUT2D eigenvalue weighted by molar-refractivity contribution is 5.48. The van der Waals surface area contributed by atoms with Gasteiger partial charge in [-0.2, -0.15) is 0 Å². The standard InChI is InChI=1S/C12H15NO3/c13-9-1-2-12(16-7-11-6-15-11)8(3-9)4-10-5-14-10/h1-3,10-11H,4-7,13H2. The molecule has 0 bridgehead atoms. The number of nitrogens with two attached hydrogens (primary N) is 1. The molecule has 2 saturated heterocycles. The minimum atomic E-state index is 0.280. The van der Waals surface area contributed by atoms with Crippen LogP contribution >= 0.6 is 0 Å². The van der Waals surface area contributed by atoms with E-state index in [2.05, 4.69) is 0 Å². The summed E-state index contributed by atoms with van der Waals surface area (Å²) in [6.45, 7) is 2.29. The maximum atomic E-state index is 5.77. The fourth-order valence-electron chi connectivity index (χ4n) is 1.68. The van der Waals surface area contributed by atoms with Crippen LogP contribution in [0.1, 0.15) is 5.56 Å². The number of hydrogen-bond donors (Lipinski definition) is 1. The molecule has 2 aliphatic rings. The summed E-state index contributed by atoms with van der Waals surface area (Å²) >= 11 is 0. The lowest BCUT2D eigenvalue weighted by Gasteiger charge is -2.10. The van der Waals surface area contributed by atoms with Gasteiger partial charge in [-0.3, -0.25) is 0 Å². The van der Waals surface area contributed by atoms with Gasteiger partial charge in [-0.05, 0) is 23.8 Å². The van der Waals surface area contributed by atoms with Crippen LogP contribution in [0.15, 0.2) is 18.2 Å². The van der Waals surface area contributed by atoms with E-state index in [0.717, 1.165) is 36.6 Å². The van der Waals surface area contributed by atoms with E-state index < -0.39 is 0 Å². The van der Waals surface area contributed by atoms with Crippen LogP contribution in [0.2, 0.25) is 0 Å². The van der Waals surface area contributed by atoms with E-state index in [1.165, 1.54) is 0 Å². The zero-order chi connectivity index (χ0) is 11.0. The maximum absolute atomic E-state index is 5.77. The van der Waals surface area contributed by atoms with E-state index in [4.69, 9.17) is 19.9 Å². The number of benzene rings is 1. The fraction of sp³-hybridized carbons (Fsp3) is 0.500. The molecule has 0 radical (unpaired) electrons. The van der Waals surface area contributed by atoms with Gasteiger partial charge in [-0.25, -0.2) is 0 Å². The van der Waals surface area contributed by atoms with Gasteiger partial charge < -0.3 is 19.9 Å². The summed E-state index contributed by atoms with van der Waals surface area (Å²) in [5.41, 5.74) is 7.67. The van der Waals surface area contributed by atoms with Crippen molar-refractivity contribution in [1.29, 1.82) is 0 Å². The molecule has 1 aromatic carbocycles. The monoisotopic (exact) mass is 221 g/mol. The first kappa shape index (κ1) is 9.93. The fourth-order valence-corrected chi connectivity index (χ4v) is 1.68. The molecular formula is C12H15NO3.